The predicted molar refractivity (Wildman–Crippen MR) is 89.7 cm³/mol. The summed E-state index contributed by atoms with van der Waals surface area (Å²) < 4.78 is 0. The fourth-order valence-corrected chi connectivity index (χ4v) is 2.92. The Bertz CT molecular complexity index is 583. The first kappa shape index (κ1) is 15.6. The number of thioether (sulfide) groups is 1. The minimum Gasteiger partial charge on any atom is -0.350 e. The van der Waals surface area contributed by atoms with Gasteiger partial charge in [0.25, 0.3) is 5.91 Å². The number of nitrogens with one attached hydrogen (secondary N) is 1. The summed E-state index contributed by atoms with van der Waals surface area (Å²) >= 11 is 1.70. The monoisotopic (exact) mass is 299 g/mol. The Labute approximate surface area is 131 Å². The van der Waals surface area contributed by atoms with E-state index in [2.05, 4.69) is 24.4 Å². The third-order valence-corrected chi connectivity index (χ3v) is 4.50. The number of hydrogen-bond donors (Lipinski definition) is 1. The normalized spacial score (nSPS) is 11.9. The molecular formula is C18H21NOS. The Hall–Kier alpha value is -1.74. The zero-order chi connectivity index (χ0) is 15.1. The van der Waals surface area contributed by atoms with E-state index < -0.39 is 0 Å². The number of amides is 1. The molecule has 0 saturated heterocycles. The average molecular weight is 299 g/mol. The Kier molecular flexibility index (Phi) is 5.88. The summed E-state index contributed by atoms with van der Waals surface area (Å²) in [6.07, 6.45) is 0.936. The number of carbonyl (C=O) groups is 1. The second-order valence-corrected chi connectivity index (χ2v) is 6.07. The molecule has 0 spiro atoms. The lowest BCUT2D eigenvalue weighted by Gasteiger charge is -2.13. The number of rotatable bonds is 6. The Morgan fingerprint density at radius 2 is 1.76 bits per heavy atom. The molecule has 1 amide bonds. The highest BCUT2D eigenvalue weighted by molar-refractivity contribution is 7.98. The fraction of sp³-hybridized carbons (Fsp3) is 0.278. The van der Waals surface area contributed by atoms with Crippen LogP contribution in [0.25, 0.3) is 0 Å². The molecule has 1 atom stereocenters. The van der Waals surface area contributed by atoms with E-state index in [0.29, 0.717) is 0 Å². The Balaban J connectivity index is 2.08. The van der Waals surface area contributed by atoms with Crippen molar-refractivity contribution in [3.8, 4) is 0 Å². The van der Waals surface area contributed by atoms with Crippen molar-refractivity contribution in [1.82, 2.24) is 5.32 Å². The van der Waals surface area contributed by atoms with Gasteiger partial charge in [-0.15, -0.1) is 11.8 Å². The van der Waals surface area contributed by atoms with Gasteiger partial charge in [-0.1, -0.05) is 49.4 Å². The summed E-state index contributed by atoms with van der Waals surface area (Å²) in [5, 5.41) is 3.03. The lowest BCUT2D eigenvalue weighted by Crippen LogP contribution is -2.32. The van der Waals surface area contributed by atoms with Crippen LogP contribution in [0.3, 0.4) is 0 Å². The second kappa shape index (κ2) is 7.89. The van der Waals surface area contributed by atoms with Crippen molar-refractivity contribution in [1.29, 1.82) is 0 Å². The summed E-state index contributed by atoms with van der Waals surface area (Å²) in [5.74, 6) is 0.884. The molecule has 0 unspecified atom stereocenters. The summed E-state index contributed by atoms with van der Waals surface area (Å²) in [4.78, 5) is 13.4. The van der Waals surface area contributed by atoms with Gasteiger partial charge in [0.2, 0.25) is 0 Å². The van der Waals surface area contributed by atoms with Gasteiger partial charge in [-0.25, -0.2) is 0 Å². The van der Waals surface area contributed by atoms with E-state index in [0.717, 1.165) is 22.6 Å². The van der Waals surface area contributed by atoms with Crippen LogP contribution in [0.4, 0.5) is 0 Å². The van der Waals surface area contributed by atoms with Crippen molar-refractivity contribution in [3.05, 3.63) is 65.7 Å². The summed E-state index contributed by atoms with van der Waals surface area (Å²) in [6.45, 7) is 4.10. The first-order chi connectivity index (χ1) is 10.2. The van der Waals surface area contributed by atoms with Gasteiger partial charge in [0, 0.05) is 16.7 Å². The zero-order valence-electron chi connectivity index (χ0n) is 12.5. The molecule has 0 aliphatic rings. The summed E-state index contributed by atoms with van der Waals surface area (Å²) in [6, 6.07) is 18.3. The molecular weight excluding hydrogens is 278 g/mol. The minimum absolute atomic E-state index is 0.0144. The molecule has 0 heterocycles. The van der Waals surface area contributed by atoms with E-state index in [1.54, 1.807) is 11.8 Å². The number of benzene rings is 2. The molecule has 0 aromatic heterocycles. The predicted octanol–water partition coefficient (Wildman–Crippen LogP) is 4.51. The number of carbonyl (C=O) groups excluding carboxylic acids is 1. The van der Waals surface area contributed by atoms with Gasteiger partial charge in [-0.2, -0.15) is 0 Å². The van der Waals surface area contributed by atoms with Crippen molar-refractivity contribution in [2.24, 2.45) is 0 Å². The zero-order valence-corrected chi connectivity index (χ0v) is 13.3. The van der Waals surface area contributed by atoms with Crippen LogP contribution in [0.5, 0.6) is 0 Å². The largest absolute Gasteiger partial charge is 0.350 e. The van der Waals surface area contributed by atoms with Gasteiger partial charge in [0.05, 0.1) is 5.56 Å². The maximum absolute atomic E-state index is 12.3. The Morgan fingerprint density at radius 1 is 1.10 bits per heavy atom. The molecule has 0 aliphatic heterocycles. The molecule has 2 aromatic carbocycles. The van der Waals surface area contributed by atoms with Crippen molar-refractivity contribution in [2.75, 3.05) is 0 Å². The maximum atomic E-state index is 12.3. The average Bonchev–Trinajstić information content (AvgIpc) is 2.54. The third kappa shape index (κ3) is 4.64. The van der Waals surface area contributed by atoms with Crippen LogP contribution in [-0.2, 0) is 5.75 Å². The van der Waals surface area contributed by atoms with E-state index in [1.165, 1.54) is 5.56 Å². The van der Waals surface area contributed by atoms with Crippen LogP contribution in [-0.4, -0.2) is 11.9 Å². The smallest absolute Gasteiger partial charge is 0.252 e. The van der Waals surface area contributed by atoms with Crippen LogP contribution in [0.2, 0.25) is 0 Å². The SMILES string of the molecule is CC[C@@H](C)NC(=O)c1ccccc1SCc1ccccc1. The van der Waals surface area contributed by atoms with E-state index in [9.17, 15) is 4.79 Å². The van der Waals surface area contributed by atoms with Crippen LogP contribution in [0.15, 0.2) is 59.5 Å². The molecule has 1 N–H and O–H groups in total. The van der Waals surface area contributed by atoms with Crippen molar-refractivity contribution in [3.63, 3.8) is 0 Å². The molecule has 0 aliphatic carbocycles. The van der Waals surface area contributed by atoms with Gasteiger partial charge < -0.3 is 5.32 Å². The first-order valence-corrected chi connectivity index (χ1v) is 8.26. The van der Waals surface area contributed by atoms with Gasteiger partial charge >= 0.3 is 0 Å². The highest BCUT2D eigenvalue weighted by Gasteiger charge is 2.12. The molecule has 3 heteroatoms. The van der Waals surface area contributed by atoms with E-state index in [1.807, 2.05) is 49.4 Å². The molecule has 2 rings (SSSR count). The van der Waals surface area contributed by atoms with Crippen molar-refractivity contribution >= 4 is 17.7 Å². The van der Waals surface area contributed by atoms with Gasteiger partial charge in [-0.05, 0) is 31.0 Å². The van der Waals surface area contributed by atoms with Crippen molar-refractivity contribution < 1.29 is 4.79 Å². The highest BCUT2D eigenvalue weighted by Crippen LogP contribution is 2.26. The van der Waals surface area contributed by atoms with Gasteiger partial charge in [0.1, 0.15) is 0 Å². The quantitative estimate of drug-likeness (QED) is 0.795. The third-order valence-electron chi connectivity index (χ3n) is 3.36. The van der Waals surface area contributed by atoms with E-state index >= 15 is 0 Å². The first-order valence-electron chi connectivity index (χ1n) is 7.27. The molecule has 110 valence electrons. The van der Waals surface area contributed by atoms with Crippen LogP contribution in [0, 0.1) is 0 Å². The summed E-state index contributed by atoms with van der Waals surface area (Å²) in [5.41, 5.74) is 2.03. The van der Waals surface area contributed by atoms with E-state index in [-0.39, 0.29) is 11.9 Å². The fourth-order valence-electron chi connectivity index (χ4n) is 1.92. The van der Waals surface area contributed by atoms with Crippen LogP contribution >= 0.6 is 11.8 Å². The van der Waals surface area contributed by atoms with Crippen LogP contribution < -0.4 is 5.32 Å². The molecule has 0 radical (unpaired) electrons. The maximum Gasteiger partial charge on any atom is 0.252 e. The molecule has 0 bridgehead atoms. The second-order valence-electron chi connectivity index (χ2n) is 5.05. The molecule has 0 fully saturated rings. The van der Waals surface area contributed by atoms with Gasteiger partial charge in [0.15, 0.2) is 0 Å². The molecule has 0 saturated carbocycles. The van der Waals surface area contributed by atoms with E-state index in [4.69, 9.17) is 0 Å². The van der Waals surface area contributed by atoms with Crippen molar-refractivity contribution in [2.45, 2.75) is 37.0 Å². The molecule has 2 nitrogen and oxygen atoms in total. The van der Waals surface area contributed by atoms with Gasteiger partial charge in [-0.3, -0.25) is 4.79 Å². The molecule has 2 aromatic rings. The number of hydrogen-bond acceptors (Lipinski definition) is 2. The molecule has 21 heavy (non-hydrogen) atoms. The topological polar surface area (TPSA) is 29.1 Å². The Morgan fingerprint density at radius 3 is 2.48 bits per heavy atom. The lowest BCUT2D eigenvalue weighted by atomic mass is 10.2. The standard InChI is InChI=1S/C18H21NOS/c1-3-14(2)19-18(20)16-11-7-8-12-17(16)21-13-15-9-5-4-6-10-15/h4-12,14H,3,13H2,1-2H3,(H,19,20)/t14-/m1/s1. The summed E-state index contributed by atoms with van der Waals surface area (Å²) in [7, 11) is 0. The van der Waals surface area contributed by atoms with Crippen LogP contribution in [0.1, 0.15) is 36.2 Å². The highest BCUT2D eigenvalue weighted by atomic mass is 32.2. The lowest BCUT2D eigenvalue weighted by molar-refractivity contribution is 0.0936. The minimum atomic E-state index is 0.0144.